The van der Waals surface area contributed by atoms with Crippen molar-refractivity contribution in [2.75, 3.05) is 13.2 Å². The highest BCUT2D eigenvalue weighted by Crippen LogP contribution is 2.33. The van der Waals surface area contributed by atoms with Gasteiger partial charge in [0.15, 0.2) is 6.61 Å². The van der Waals surface area contributed by atoms with E-state index < -0.39 is 30.3 Å². The summed E-state index contributed by atoms with van der Waals surface area (Å²) in [5.41, 5.74) is 0.313. The predicted octanol–water partition coefficient (Wildman–Crippen LogP) is 6.07. The SMILES string of the molecule is CC.CC(F)(F)COc1ccc(C#N)c(Cl)c1C(=O)N1CCc2nn(-c3ccc(C(F)(F)F)nc3)cc2C1. The van der Waals surface area contributed by atoms with Crippen molar-refractivity contribution in [2.45, 2.75) is 45.8 Å². The maximum atomic E-state index is 13.4. The molecule has 0 spiro atoms. The van der Waals surface area contributed by atoms with Crippen molar-refractivity contribution in [1.82, 2.24) is 19.7 Å². The molecule has 1 aliphatic rings. The summed E-state index contributed by atoms with van der Waals surface area (Å²) in [6.45, 7) is 3.94. The van der Waals surface area contributed by atoms with Gasteiger partial charge in [-0.15, -0.1) is 0 Å². The molecule has 1 amide bonds. The third-order valence-electron chi connectivity index (χ3n) is 5.37. The van der Waals surface area contributed by atoms with E-state index in [1.807, 2.05) is 19.9 Å². The molecule has 7 nitrogen and oxygen atoms in total. The Morgan fingerprint density at radius 1 is 1.18 bits per heavy atom. The Balaban J connectivity index is 0.00000195. The number of fused-ring (bicyclic) bond motifs is 1. The first-order valence-electron chi connectivity index (χ1n) is 11.5. The fourth-order valence-electron chi connectivity index (χ4n) is 3.64. The van der Waals surface area contributed by atoms with Crippen LogP contribution in [-0.2, 0) is 19.1 Å². The minimum absolute atomic E-state index is 0.0176. The Kier molecular flexibility index (Phi) is 8.61. The molecular weight excluding hydrogens is 533 g/mol. The minimum atomic E-state index is -4.57. The van der Waals surface area contributed by atoms with E-state index in [-0.39, 0.29) is 35.0 Å². The lowest BCUT2D eigenvalue weighted by Crippen LogP contribution is -2.36. The van der Waals surface area contributed by atoms with E-state index in [4.69, 9.17) is 16.3 Å². The van der Waals surface area contributed by atoms with Crippen LogP contribution in [0.1, 0.15) is 53.6 Å². The van der Waals surface area contributed by atoms with Crippen molar-refractivity contribution in [3.05, 3.63) is 69.8 Å². The van der Waals surface area contributed by atoms with E-state index in [9.17, 15) is 32.0 Å². The number of benzene rings is 1. The molecule has 2 aromatic heterocycles. The van der Waals surface area contributed by atoms with Gasteiger partial charge in [-0.1, -0.05) is 25.4 Å². The molecule has 0 saturated carbocycles. The smallest absolute Gasteiger partial charge is 0.433 e. The Bertz CT molecular complexity index is 1340. The molecule has 0 unspecified atom stereocenters. The zero-order valence-electron chi connectivity index (χ0n) is 20.6. The number of nitriles is 1. The summed E-state index contributed by atoms with van der Waals surface area (Å²) in [5, 5.41) is 13.5. The van der Waals surface area contributed by atoms with Gasteiger partial charge in [-0.05, 0) is 24.3 Å². The number of aromatic nitrogens is 3. The minimum Gasteiger partial charge on any atom is -0.486 e. The lowest BCUT2D eigenvalue weighted by molar-refractivity contribution is -0.141. The van der Waals surface area contributed by atoms with Crippen LogP contribution >= 0.6 is 11.6 Å². The van der Waals surface area contributed by atoms with Gasteiger partial charge in [-0.25, -0.2) is 18.4 Å². The molecule has 3 heterocycles. The van der Waals surface area contributed by atoms with Crippen LogP contribution in [0.15, 0.2) is 36.7 Å². The van der Waals surface area contributed by atoms with E-state index in [1.165, 1.54) is 27.8 Å². The summed E-state index contributed by atoms with van der Waals surface area (Å²) in [7, 11) is 0. The molecule has 0 fully saturated rings. The van der Waals surface area contributed by atoms with Crippen molar-refractivity contribution in [3.63, 3.8) is 0 Å². The number of rotatable bonds is 5. The molecule has 0 aliphatic carbocycles. The second-order valence-electron chi connectivity index (χ2n) is 8.19. The second-order valence-corrected chi connectivity index (χ2v) is 8.57. The number of nitrogens with zero attached hydrogens (tertiary/aromatic N) is 5. The van der Waals surface area contributed by atoms with Crippen molar-refractivity contribution < 1.29 is 31.5 Å². The number of halogens is 6. The maximum absolute atomic E-state index is 13.4. The van der Waals surface area contributed by atoms with Crippen molar-refractivity contribution in [1.29, 1.82) is 5.26 Å². The van der Waals surface area contributed by atoms with E-state index in [1.54, 1.807) is 6.20 Å². The Morgan fingerprint density at radius 3 is 2.47 bits per heavy atom. The summed E-state index contributed by atoms with van der Waals surface area (Å²) >= 11 is 6.27. The lowest BCUT2D eigenvalue weighted by Gasteiger charge is -2.27. The summed E-state index contributed by atoms with van der Waals surface area (Å²) < 4.78 is 71.6. The van der Waals surface area contributed by atoms with E-state index in [2.05, 4.69) is 10.1 Å². The van der Waals surface area contributed by atoms with Gasteiger partial charge in [0.05, 0.1) is 28.2 Å². The summed E-state index contributed by atoms with van der Waals surface area (Å²) in [5.74, 6) is -3.97. The standard InChI is InChI=1S/C23H17ClF5N5O2.C2H6/c1-22(25,26)12-36-17-4-2-13(8-30)20(24)19(17)21(35)33-7-6-16-14(10-33)11-34(32-16)15-3-5-18(31-9-15)23(27,28)29;1-2/h2-5,9,11H,6-7,10,12H2,1H3;1-2H3. The molecule has 13 heteroatoms. The largest absolute Gasteiger partial charge is 0.486 e. The first-order chi connectivity index (χ1) is 17.9. The molecule has 1 aliphatic heterocycles. The van der Waals surface area contributed by atoms with Crippen LogP contribution in [-0.4, -0.2) is 44.6 Å². The first-order valence-corrected chi connectivity index (χ1v) is 11.9. The van der Waals surface area contributed by atoms with Crippen molar-refractivity contribution in [2.24, 2.45) is 0 Å². The summed E-state index contributed by atoms with van der Waals surface area (Å²) in [4.78, 5) is 18.2. The highest BCUT2D eigenvalue weighted by Gasteiger charge is 2.33. The Labute approximate surface area is 220 Å². The molecule has 3 aromatic rings. The van der Waals surface area contributed by atoms with Crippen LogP contribution < -0.4 is 4.74 Å². The molecule has 202 valence electrons. The molecule has 0 N–H and O–H groups in total. The van der Waals surface area contributed by atoms with Gasteiger partial charge in [0.2, 0.25) is 0 Å². The highest BCUT2D eigenvalue weighted by molar-refractivity contribution is 6.35. The number of alkyl halides is 5. The van der Waals surface area contributed by atoms with E-state index in [0.717, 1.165) is 12.3 Å². The molecular formula is C25H23ClF5N5O2. The van der Waals surface area contributed by atoms with Gasteiger partial charge in [0, 0.05) is 38.2 Å². The van der Waals surface area contributed by atoms with Gasteiger partial charge in [0.25, 0.3) is 11.8 Å². The number of carbonyl (C=O) groups is 1. The predicted molar refractivity (Wildman–Crippen MR) is 128 cm³/mol. The van der Waals surface area contributed by atoms with Crippen molar-refractivity contribution >= 4 is 17.5 Å². The third kappa shape index (κ3) is 6.39. The normalized spacial score (nSPS) is 13.2. The highest BCUT2D eigenvalue weighted by atomic mass is 35.5. The van der Waals surface area contributed by atoms with Crippen LogP contribution in [0.2, 0.25) is 5.02 Å². The third-order valence-corrected chi connectivity index (χ3v) is 5.76. The van der Waals surface area contributed by atoms with Gasteiger partial charge in [0.1, 0.15) is 23.1 Å². The second kappa shape index (κ2) is 11.3. The number of ether oxygens (including phenoxy) is 1. The number of carbonyl (C=O) groups excluding carboxylic acids is 1. The van der Waals surface area contributed by atoms with Gasteiger partial charge in [-0.3, -0.25) is 4.79 Å². The lowest BCUT2D eigenvalue weighted by atomic mass is 10.0. The average Bonchev–Trinajstić information content (AvgIpc) is 3.31. The van der Waals surface area contributed by atoms with Crippen LogP contribution in [0.25, 0.3) is 5.69 Å². The molecule has 4 rings (SSSR count). The van der Waals surface area contributed by atoms with Gasteiger partial charge >= 0.3 is 6.18 Å². The number of hydrogen-bond donors (Lipinski definition) is 0. The van der Waals surface area contributed by atoms with Crippen molar-refractivity contribution in [3.8, 4) is 17.5 Å². The summed E-state index contributed by atoms with van der Waals surface area (Å²) in [6, 6.07) is 6.45. The van der Waals surface area contributed by atoms with Crippen LogP contribution in [0.4, 0.5) is 22.0 Å². The average molecular weight is 556 g/mol. The quantitative estimate of drug-likeness (QED) is 0.357. The number of amides is 1. The number of pyridine rings is 1. The Morgan fingerprint density at radius 2 is 1.89 bits per heavy atom. The van der Waals surface area contributed by atoms with Gasteiger partial charge < -0.3 is 9.64 Å². The molecule has 0 radical (unpaired) electrons. The molecule has 1 aromatic carbocycles. The first kappa shape index (κ1) is 28.8. The van der Waals surface area contributed by atoms with E-state index in [0.29, 0.717) is 30.3 Å². The monoisotopic (exact) mass is 555 g/mol. The topological polar surface area (TPSA) is 84.0 Å². The molecule has 0 bridgehead atoms. The van der Waals surface area contributed by atoms with E-state index >= 15 is 0 Å². The summed E-state index contributed by atoms with van der Waals surface area (Å²) in [6.07, 6.45) is -1.63. The fourth-order valence-corrected chi connectivity index (χ4v) is 3.91. The Hall–Kier alpha value is -3.72. The van der Waals surface area contributed by atoms with Crippen LogP contribution in [0.5, 0.6) is 5.75 Å². The maximum Gasteiger partial charge on any atom is 0.433 e. The zero-order valence-corrected chi connectivity index (χ0v) is 21.4. The molecule has 38 heavy (non-hydrogen) atoms. The molecule has 0 atom stereocenters. The van der Waals surface area contributed by atoms with Crippen LogP contribution in [0.3, 0.4) is 0 Å². The van der Waals surface area contributed by atoms with Gasteiger partial charge in [-0.2, -0.15) is 23.5 Å². The molecule has 0 saturated heterocycles. The van der Waals surface area contributed by atoms with Crippen LogP contribution in [0, 0.1) is 11.3 Å². The number of hydrogen-bond acceptors (Lipinski definition) is 5. The fraction of sp³-hybridized carbons (Fsp3) is 0.360. The zero-order chi connectivity index (χ0) is 28.3.